The third kappa shape index (κ3) is 4.11. The summed E-state index contributed by atoms with van der Waals surface area (Å²) in [6, 6.07) is 12.0. The first kappa shape index (κ1) is 11.7. The number of nitrogens with zero attached hydrogens (tertiary/aromatic N) is 1. The van der Waals surface area contributed by atoms with Crippen LogP contribution in [0.15, 0.2) is 30.3 Å². The predicted molar refractivity (Wildman–Crippen MR) is 59.4 cm³/mol. The van der Waals surface area contributed by atoms with Crippen LogP contribution >= 0.6 is 0 Å². The number of nitrogens with one attached hydrogen (secondary N) is 1. The number of benzene rings is 1. The summed E-state index contributed by atoms with van der Waals surface area (Å²) < 4.78 is 0. The van der Waals surface area contributed by atoms with E-state index in [1.54, 1.807) is 0 Å². The van der Waals surface area contributed by atoms with Gasteiger partial charge in [0.05, 0.1) is 12.0 Å². The molecular weight excluding hydrogens is 188 g/mol. The number of aliphatic hydroxyl groups is 1. The topological polar surface area (TPSA) is 56.0 Å². The van der Waals surface area contributed by atoms with Crippen LogP contribution in [0.25, 0.3) is 0 Å². The lowest BCUT2D eigenvalue weighted by Gasteiger charge is -2.10. The van der Waals surface area contributed by atoms with Crippen molar-refractivity contribution in [2.45, 2.75) is 12.3 Å². The Morgan fingerprint density at radius 1 is 1.33 bits per heavy atom. The standard InChI is InChI=1S/C12H16N2O/c13-9-12(10-14-7-4-8-15)11-5-2-1-3-6-11/h1-3,5-6,12,14-15H,4,7-8,10H2. The highest BCUT2D eigenvalue weighted by Gasteiger charge is 2.08. The predicted octanol–water partition coefficient (Wildman–Crippen LogP) is 1.27. The van der Waals surface area contributed by atoms with Crippen molar-refractivity contribution in [3.8, 4) is 6.07 Å². The van der Waals surface area contributed by atoms with Gasteiger partial charge in [-0.2, -0.15) is 5.26 Å². The number of rotatable bonds is 6. The van der Waals surface area contributed by atoms with Crippen molar-refractivity contribution >= 4 is 0 Å². The van der Waals surface area contributed by atoms with Crippen molar-refractivity contribution in [1.82, 2.24) is 5.32 Å². The molecular formula is C12H16N2O. The third-order valence-corrected chi connectivity index (χ3v) is 2.22. The highest BCUT2D eigenvalue weighted by Crippen LogP contribution is 2.12. The van der Waals surface area contributed by atoms with Crippen molar-refractivity contribution in [2.75, 3.05) is 19.7 Å². The van der Waals surface area contributed by atoms with E-state index in [2.05, 4.69) is 11.4 Å². The molecule has 3 heteroatoms. The first-order valence-corrected chi connectivity index (χ1v) is 5.14. The molecule has 0 fully saturated rings. The molecule has 1 aromatic rings. The lowest BCUT2D eigenvalue weighted by molar-refractivity contribution is 0.286. The van der Waals surface area contributed by atoms with Crippen molar-refractivity contribution in [3.05, 3.63) is 35.9 Å². The Morgan fingerprint density at radius 3 is 2.67 bits per heavy atom. The van der Waals surface area contributed by atoms with Gasteiger partial charge >= 0.3 is 0 Å². The molecule has 0 aliphatic rings. The van der Waals surface area contributed by atoms with E-state index in [9.17, 15) is 0 Å². The smallest absolute Gasteiger partial charge is 0.0837 e. The van der Waals surface area contributed by atoms with Crippen LogP contribution in [0.3, 0.4) is 0 Å². The average Bonchev–Trinajstić information content (AvgIpc) is 2.30. The molecule has 80 valence electrons. The van der Waals surface area contributed by atoms with E-state index in [0.29, 0.717) is 6.54 Å². The van der Waals surface area contributed by atoms with Gasteiger partial charge in [-0.3, -0.25) is 0 Å². The third-order valence-electron chi connectivity index (χ3n) is 2.22. The first-order valence-electron chi connectivity index (χ1n) is 5.14. The molecule has 0 saturated carbocycles. The van der Waals surface area contributed by atoms with E-state index in [1.165, 1.54) is 0 Å². The molecule has 1 aromatic carbocycles. The summed E-state index contributed by atoms with van der Waals surface area (Å²) in [5.41, 5.74) is 1.04. The molecule has 0 bridgehead atoms. The number of aliphatic hydroxyl groups excluding tert-OH is 1. The highest BCUT2D eigenvalue weighted by molar-refractivity contribution is 5.24. The zero-order chi connectivity index (χ0) is 10.9. The summed E-state index contributed by atoms with van der Waals surface area (Å²) in [5, 5.41) is 20.8. The molecule has 0 heterocycles. The SMILES string of the molecule is N#CC(CNCCCO)c1ccccc1. The molecule has 0 saturated heterocycles. The summed E-state index contributed by atoms with van der Waals surface area (Å²) in [6.07, 6.45) is 0.729. The lowest BCUT2D eigenvalue weighted by Crippen LogP contribution is -2.22. The summed E-state index contributed by atoms with van der Waals surface area (Å²) in [5.74, 6) is -0.107. The summed E-state index contributed by atoms with van der Waals surface area (Å²) >= 11 is 0. The van der Waals surface area contributed by atoms with Gasteiger partial charge in [-0.05, 0) is 18.5 Å². The molecule has 1 unspecified atom stereocenters. The van der Waals surface area contributed by atoms with Crippen molar-refractivity contribution < 1.29 is 5.11 Å². The quantitative estimate of drug-likeness (QED) is 0.686. The molecule has 0 amide bonds. The van der Waals surface area contributed by atoms with E-state index in [-0.39, 0.29) is 12.5 Å². The molecule has 0 aliphatic carbocycles. The van der Waals surface area contributed by atoms with Gasteiger partial charge in [0.1, 0.15) is 0 Å². The molecule has 15 heavy (non-hydrogen) atoms. The van der Waals surface area contributed by atoms with Gasteiger partial charge in [0, 0.05) is 13.2 Å². The fourth-order valence-electron chi connectivity index (χ4n) is 1.37. The number of hydrogen-bond acceptors (Lipinski definition) is 3. The van der Waals surface area contributed by atoms with E-state index in [0.717, 1.165) is 18.5 Å². The Balaban J connectivity index is 2.41. The van der Waals surface area contributed by atoms with Gasteiger partial charge in [-0.1, -0.05) is 30.3 Å². The molecule has 2 N–H and O–H groups in total. The molecule has 0 spiro atoms. The maximum atomic E-state index is 9.00. The fourth-order valence-corrected chi connectivity index (χ4v) is 1.37. The second-order valence-electron chi connectivity index (χ2n) is 3.37. The van der Waals surface area contributed by atoms with Crippen molar-refractivity contribution in [3.63, 3.8) is 0 Å². The second kappa shape index (κ2) is 6.99. The Hall–Kier alpha value is -1.37. The van der Waals surface area contributed by atoms with Crippen LogP contribution < -0.4 is 5.32 Å². The minimum atomic E-state index is -0.107. The van der Waals surface area contributed by atoms with E-state index in [4.69, 9.17) is 10.4 Å². The Morgan fingerprint density at radius 2 is 2.07 bits per heavy atom. The van der Waals surface area contributed by atoms with Gasteiger partial charge in [-0.15, -0.1) is 0 Å². The maximum Gasteiger partial charge on any atom is 0.0837 e. The number of nitriles is 1. The highest BCUT2D eigenvalue weighted by atomic mass is 16.3. The van der Waals surface area contributed by atoms with Crippen molar-refractivity contribution in [2.24, 2.45) is 0 Å². The zero-order valence-electron chi connectivity index (χ0n) is 8.69. The van der Waals surface area contributed by atoms with Crippen LogP contribution in [-0.2, 0) is 0 Å². The molecule has 0 radical (unpaired) electrons. The van der Waals surface area contributed by atoms with E-state index in [1.807, 2.05) is 30.3 Å². The van der Waals surface area contributed by atoms with Gasteiger partial charge in [0.25, 0.3) is 0 Å². The van der Waals surface area contributed by atoms with Gasteiger partial charge in [-0.25, -0.2) is 0 Å². The zero-order valence-corrected chi connectivity index (χ0v) is 8.69. The van der Waals surface area contributed by atoms with E-state index < -0.39 is 0 Å². The monoisotopic (exact) mass is 204 g/mol. The van der Waals surface area contributed by atoms with Gasteiger partial charge < -0.3 is 10.4 Å². The van der Waals surface area contributed by atoms with Crippen LogP contribution in [0, 0.1) is 11.3 Å². The minimum absolute atomic E-state index is 0.107. The molecule has 3 nitrogen and oxygen atoms in total. The Labute approximate surface area is 90.4 Å². The average molecular weight is 204 g/mol. The van der Waals surface area contributed by atoms with Crippen LogP contribution in [-0.4, -0.2) is 24.8 Å². The van der Waals surface area contributed by atoms with E-state index >= 15 is 0 Å². The van der Waals surface area contributed by atoms with Gasteiger partial charge in [0.2, 0.25) is 0 Å². The van der Waals surface area contributed by atoms with Crippen LogP contribution in [0.1, 0.15) is 17.9 Å². The van der Waals surface area contributed by atoms with Crippen LogP contribution in [0.5, 0.6) is 0 Å². The van der Waals surface area contributed by atoms with Crippen molar-refractivity contribution in [1.29, 1.82) is 5.26 Å². The van der Waals surface area contributed by atoms with Crippen LogP contribution in [0.2, 0.25) is 0 Å². The van der Waals surface area contributed by atoms with Gasteiger partial charge in [0.15, 0.2) is 0 Å². The molecule has 1 atom stereocenters. The lowest BCUT2D eigenvalue weighted by atomic mass is 10.0. The fraction of sp³-hybridized carbons (Fsp3) is 0.417. The Bertz CT molecular complexity index is 305. The normalized spacial score (nSPS) is 12.0. The number of hydrogen-bond donors (Lipinski definition) is 2. The maximum absolute atomic E-state index is 9.00. The molecule has 0 aliphatic heterocycles. The first-order chi connectivity index (χ1) is 7.38. The summed E-state index contributed by atoms with van der Waals surface area (Å²) in [7, 11) is 0. The molecule has 1 rings (SSSR count). The Kier molecular flexibility index (Phi) is 5.46. The second-order valence-corrected chi connectivity index (χ2v) is 3.37. The minimum Gasteiger partial charge on any atom is -0.396 e. The summed E-state index contributed by atoms with van der Waals surface area (Å²) in [6.45, 7) is 1.58. The van der Waals surface area contributed by atoms with Crippen LogP contribution in [0.4, 0.5) is 0 Å². The molecule has 0 aromatic heterocycles. The largest absolute Gasteiger partial charge is 0.396 e. The summed E-state index contributed by atoms with van der Waals surface area (Å²) in [4.78, 5) is 0.